The van der Waals surface area contributed by atoms with Crippen molar-refractivity contribution in [3.05, 3.63) is 108 Å². The summed E-state index contributed by atoms with van der Waals surface area (Å²) < 4.78 is 25.4. The lowest BCUT2D eigenvalue weighted by Gasteiger charge is -2.05. The Morgan fingerprint density at radius 1 is 0.794 bits per heavy atom. The molecule has 0 amide bonds. The van der Waals surface area contributed by atoms with Crippen molar-refractivity contribution >= 4 is 27.3 Å². The highest BCUT2D eigenvalue weighted by molar-refractivity contribution is 7.91. The molecule has 0 radical (unpaired) electrons. The van der Waals surface area contributed by atoms with Gasteiger partial charge in [-0.25, -0.2) is 13.2 Å². The Morgan fingerprint density at radius 3 is 2.00 bits per heavy atom. The highest BCUT2D eigenvalue weighted by Gasteiger charge is 2.17. The zero-order chi connectivity index (χ0) is 24.4. The number of oxime groups is 1. The lowest BCUT2D eigenvalue weighted by molar-refractivity contribution is 0.0515. The minimum Gasteiger partial charge on any atom is -0.313 e. The van der Waals surface area contributed by atoms with Crippen molar-refractivity contribution in [1.29, 1.82) is 0 Å². The van der Waals surface area contributed by atoms with Gasteiger partial charge in [-0.05, 0) is 73.5 Å². The molecule has 0 fully saturated rings. The van der Waals surface area contributed by atoms with E-state index in [0.29, 0.717) is 23.3 Å². The Labute approximate surface area is 199 Å². The Kier molecular flexibility index (Phi) is 8.65. The van der Waals surface area contributed by atoms with Crippen LogP contribution in [-0.4, -0.2) is 25.9 Å². The summed E-state index contributed by atoms with van der Waals surface area (Å²) >= 11 is 0. The van der Waals surface area contributed by atoms with Gasteiger partial charge in [0.15, 0.2) is 5.78 Å². The summed E-state index contributed by atoms with van der Waals surface area (Å²) in [6.45, 7) is 2.02. The minimum atomic E-state index is -3.65. The molecule has 0 aromatic heterocycles. The Bertz CT molecular complexity index is 1280. The molecule has 0 saturated heterocycles. The van der Waals surface area contributed by atoms with Crippen LogP contribution in [0.4, 0.5) is 0 Å². The zero-order valence-corrected chi connectivity index (χ0v) is 19.6. The summed E-state index contributed by atoms with van der Waals surface area (Å²) in [6, 6.07) is 22.4. The lowest BCUT2D eigenvalue weighted by Crippen LogP contribution is -2.05. The van der Waals surface area contributed by atoms with E-state index in [-0.39, 0.29) is 15.6 Å². The number of allylic oxidation sites excluding steroid dienone is 2. The maximum atomic E-state index is 12.7. The van der Waals surface area contributed by atoms with Gasteiger partial charge in [0.05, 0.1) is 21.1 Å². The Balaban J connectivity index is 1.71. The molecule has 0 atom stereocenters. The van der Waals surface area contributed by atoms with E-state index in [9.17, 15) is 18.0 Å². The summed E-state index contributed by atoms with van der Waals surface area (Å²) in [5, 5.41) is 3.93. The third kappa shape index (κ3) is 6.59. The molecule has 174 valence electrons. The number of unbranched alkanes of at least 4 members (excludes halogenated alkanes) is 1. The van der Waals surface area contributed by atoms with Gasteiger partial charge in [-0.3, -0.25) is 4.79 Å². The first-order chi connectivity index (χ1) is 16.4. The van der Waals surface area contributed by atoms with Crippen molar-refractivity contribution in [2.75, 3.05) is 0 Å². The van der Waals surface area contributed by atoms with Crippen LogP contribution < -0.4 is 0 Å². The molecule has 0 aliphatic heterocycles. The monoisotopic (exact) mass is 475 g/mol. The van der Waals surface area contributed by atoms with E-state index < -0.39 is 15.8 Å². The van der Waals surface area contributed by atoms with Gasteiger partial charge >= 0.3 is 5.97 Å². The summed E-state index contributed by atoms with van der Waals surface area (Å²) in [5.41, 5.74) is 1.17. The summed E-state index contributed by atoms with van der Waals surface area (Å²) in [6.07, 6.45) is 5.12. The molecule has 3 rings (SSSR count). The number of benzene rings is 3. The van der Waals surface area contributed by atoms with Gasteiger partial charge in [0.1, 0.15) is 0 Å². The van der Waals surface area contributed by atoms with Crippen LogP contribution in [0.1, 0.15) is 46.9 Å². The third-order valence-electron chi connectivity index (χ3n) is 4.97. The van der Waals surface area contributed by atoms with Crippen LogP contribution in [-0.2, 0) is 14.7 Å². The van der Waals surface area contributed by atoms with E-state index in [1.807, 2.05) is 6.92 Å². The molecule has 3 aromatic rings. The largest absolute Gasteiger partial charge is 0.365 e. The molecule has 0 spiro atoms. The fraction of sp³-hybridized carbons (Fsp3) is 0.148. The van der Waals surface area contributed by atoms with Gasteiger partial charge in [0.2, 0.25) is 9.84 Å². The minimum absolute atomic E-state index is 0.109. The fourth-order valence-electron chi connectivity index (χ4n) is 3.05. The van der Waals surface area contributed by atoms with Crippen LogP contribution in [0.2, 0.25) is 0 Å². The van der Waals surface area contributed by atoms with Crippen LogP contribution in [0.3, 0.4) is 0 Å². The molecular weight excluding hydrogens is 450 g/mol. The Morgan fingerprint density at radius 2 is 1.38 bits per heavy atom. The number of hydrogen-bond donors (Lipinski definition) is 0. The van der Waals surface area contributed by atoms with Gasteiger partial charge < -0.3 is 4.84 Å². The van der Waals surface area contributed by atoms with Gasteiger partial charge in [-0.2, -0.15) is 0 Å². The molecule has 0 saturated carbocycles. The first-order valence-electron chi connectivity index (χ1n) is 10.9. The number of sulfone groups is 1. The summed E-state index contributed by atoms with van der Waals surface area (Å²) in [7, 11) is -3.65. The SMILES string of the molecule is CCCCC(C=CC(=O)c1ccc(S(=O)(=O)c2ccccc2)cc1)=NOC(=O)c1ccccc1. The van der Waals surface area contributed by atoms with Crippen LogP contribution in [0.25, 0.3) is 0 Å². The predicted molar refractivity (Wildman–Crippen MR) is 131 cm³/mol. The second-order valence-corrected chi connectivity index (χ2v) is 9.42. The molecule has 0 aliphatic carbocycles. The van der Waals surface area contributed by atoms with Crippen LogP contribution in [0.5, 0.6) is 0 Å². The molecule has 0 N–H and O–H groups in total. The first-order valence-corrected chi connectivity index (χ1v) is 12.4. The third-order valence-corrected chi connectivity index (χ3v) is 6.76. The number of carbonyl (C=O) groups is 2. The first kappa shape index (κ1) is 24.8. The molecule has 7 heteroatoms. The zero-order valence-electron chi connectivity index (χ0n) is 18.8. The van der Waals surface area contributed by atoms with Crippen LogP contribution in [0.15, 0.2) is 112 Å². The molecule has 0 unspecified atom stereocenters. The van der Waals surface area contributed by atoms with E-state index in [1.165, 1.54) is 48.6 Å². The highest BCUT2D eigenvalue weighted by atomic mass is 32.2. The second-order valence-electron chi connectivity index (χ2n) is 7.47. The van der Waals surface area contributed by atoms with Gasteiger partial charge in [-0.15, -0.1) is 0 Å². The number of hydrogen-bond acceptors (Lipinski definition) is 6. The van der Waals surface area contributed by atoms with Crippen LogP contribution >= 0.6 is 0 Å². The fourth-order valence-corrected chi connectivity index (χ4v) is 4.33. The van der Waals surface area contributed by atoms with Crippen molar-refractivity contribution < 1.29 is 22.8 Å². The van der Waals surface area contributed by atoms with Crippen molar-refractivity contribution in [2.45, 2.75) is 36.0 Å². The number of ketones is 1. The van der Waals surface area contributed by atoms with Crippen molar-refractivity contribution in [3.8, 4) is 0 Å². The van der Waals surface area contributed by atoms with Crippen molar-refractivity contribution in [1.82, 2.24) is 0 Å². The molecule has 6 nitrogen and oxygen atoms in total. The average Bonchev–Trinajstić information content (AvgIpc) is 2.89. The highest BCUT2D eigenvalue weighted by Crippen LogP contribution is 2.21. The van der Waals surface area contributed by atoms with Crippen molar-refractivity contribution in [2.24, 2.45) is 5.16 Å². The molecule has 3 aromatic carbocycles. The smallest absolute Gasteiger partial charge is 0.313 e. The predicted octanol–water partition coefficient (Wildman–Crippen LogP) is 5.66. The van der Waals surface area contributed by atoms with Gasteiger partial charge in [0, 0.05) is 5.56 Å². The maximum Gasteiger partial charge on any atom is 0.365 e. The number of nitrogens with zero attached hydrogens (tertiary/aromatic N) is 1. The van der Waals surface area contributed by atoms with E-state index in [2.05, 4.69) is 5.16 Å². The van der Waals surface area contributed by atoms with Crippen LogP contribution in [0, 0.1) is 0 Å². The summed E-state index contributed by atoms with van der Waals surface area (Å²) in [5.74, 6) is -0.896. The molecular formula is C27H25NO5S. The number of rotatable bonds is 10. The topological polar surface area (TPSA) is 89.9 Å². The molecule has 0 heterocycles. The molecule has 34 heavy (non-hydrogen) atoms. The average molecular weight is 476 g/mol. The van der Waals surface area contributed by atoms with Gasteiger partial charge in [0.25, 0.3) is 0 Å². The van der Waals surface area contributed by atoms with Gasteiger partial charge in [-0.1, -0.05) is 54.9 Å². The second kappa shape index (κ2) is 11.9. The normalized spacial score (nSPS) is 12.0. The summed E-state index contributed by atoms with van der Waals surface area (Å²) in [4.78, 5) is 30.1. The quantitative estimate of drug-likeness (QED) is 0.124. The standard InChI is InChI=1S/C27H25NO5S/c1-2-3-12-23(28-33-27(30)22-10-6-4-7-11-22)17-20-26(29)21-15-18-25(19-16-21)34(31,32)24-13-8-5-9-14-24/h4-11,13-20H,2-3,12H2,1H3. The van der Waals surface area contributed by atoms with E-state index in [1.54, 1.807) is 48.5 Å². The van der Waals surface area contributed by atoms with E-state index >= 15 is 0 Å². The molecule has 0 bridgehead atoms. The van der Waals surface area contributed by atoms with E-state index in [4.69, 9.17) is 4.84 Å². The number of carbonyl (C=O) groups excluding carboxylic acids is 2. The Hall–Kier alpha value is -3.84. The maximum absolute atomic E-state index is 12.7. The lowest BCUT2D eigenvalue weighted by atomic mass is 10.1. The molecule has 0 aliphatic rings. The van der Waals surface area contributed by atoms with Crippen molar-refractivity contribution in [3.63, 3.8) is 0 Å². The van der Waals surface area contributed by atoms with E-state index in [0.717, 1.165) is 12.8 Å².